The predicted octanol–water partition coefficient (Wildman–Crippen LogP) is 0.522. The summed E-state index contributed by atoms with van der Waals surface area (Å²) >= 11 is 0. The summed E-state index contributed by atoms with van der Waals surface area (Å²) in [6.45, 7) is 6.76. The van der Waals surface area contributed by atoms with Gasteiger partial charge < -0.3 is 15.3 Å². The van der Waals surface area contributed by atoms with E-state index in [9.17, 15) is 9.59 Å². The molecule has 1 aliphatic rings. The first-order valence-electron chi connectivity index (χ1n) is 6.54. The molecule has 0 aromatic rings. The van der Waals surface area contributed by atoms with Gasteiger partial charge in [-0.2, -0.15) is 0 Å². The van der Waals surface area contributed by atoms with Crippen molar-refractivity contribution in [1.82, 2.24) is 10.2 Å². The lowest BCUT2D eigenvalue weighted by Crippen LogP contribution is -2.49. The van der Waals surface area contributed by atoms with Gasteiger partial charge in [0.25, 0.3) is 0 Å². The lowest BCUT2D eigenvalue weighted by molar-refractivity contribution is -0.134. The van der Waals surface area contributed by atoms with Crippen LogP contribution in [-0.2, 0) is 9.59 Å². The van der Waals surface area contributed by atoms with Crippen LogP contribution >= 0.6 is 0 Å². The highest BCUT2D eigenvalue weighted by atomic mass is 16.3. The number of piperidine rings is 1. The predicted molar refractivity (Wildman–Crippen MR) is 68.9 cm³/mol. The Morgan fingerprint density at radius 2 is 1.89 bits per heavy atom. The van der Waals surface area contributed by atoms with Gasteiger partial charge in [-0.25, -0.2) is 0 Å². The monoisotopic (exact) mass is 256 g/mol. The van der Waals surface area contributed by atoms with Gasteiger partial charge in [-0.05, 0) is 33.1 Å². The van der Waals surface area contributed by atoms with Crippen LogP contribution in [0.5, 0.6) is 0 Å². The molecule has 0 saturated carbocycles. The number of aliphatic hydroxyl groups is 1. The van der Waals surface area contributed by atoms with E-state index in [0.29, 0.717) is 19.5 Å². The van der Waals surface area contributed by atoms with E-state index in [-0.39, 0.29) is 29.9 Å². The molecule has 5 nitrogen and oxygen atoms in total. The number of nitrogens with zero attached hydrogens (tertiary/aromatic N) is 1. The molecule has 0 atom stereocenters. The van der Waals surface area contributed by atoms with Gasteiger partial charge in [0, 0.05) is 38.1 Å². The maximum atomic E-state index is 12.1. The first kappa shape index (κ1) is 15.0. The Hall–Kier alpha value is -1.10. The molecule has 0 bridgehead atoms. The van der Waals surface area contributed by atoms with E-state index < -0.39 is 0 Å². The van der Waals surface area contributed by atoms with Crippen LogP contribution in [0.15, 0.2) is 0 Å². The van der Waals surface area contributed by atoms with E-state index in [0.717, 1.165) is 12.8 Å². The SMILES string of the molecule is CC(=O)N1CCC(C(=O)NC(C)(C)CCO)CC1. The van der Waals surface area contributed by atoms with Crippen LogP contribution < -0.4 is 5.32 Å². The Bertz CT molecular complexity index is 307. The second-order valence-corrected chi connectivity index (χ2v) is 5.63. The summed E-state index contributed by atoms with van der Waals surface area (Å²) in [5, 5.41) is 11.9. The number of likely N-dealkylation sites (tertiary alicyclic amines) is 1. The third kappa shape index (κ3) is 4.29. The number of aliphatic hydroxyl groups excluding tert-OH is 1. The van der Waals surface area contributed by atoms with Crippen molar-refractivity contribution in [2.45, 2.75) is 45.6 Å². The fourth-order valence-corrected chi connectivity index (χ4v) is 2.23. The van der Waals surface area contributed by atoms with E-state index in [4.69, 9.17) is 5.11 Å². The van der Waals surface area contributed by atoms with Crippen LogP contribution in [0.3, 0.4) is 0 Å². The van der Waals surface area contributed by atoms with Crippen molar-refractivity contribution in [3.05, 3.63) is 0 Å². The van der Waals surface area contributed by atoms with Crippen molar-refractivity contribution >= 4 is 11.8 Å². The molecular weight excluding hydrogens is 232 g/mol. The molecule has 5 heteroatoms. The van der Waals surface area contributed by atoms with Crippen molar-refractivity contribution in [3.63, 3.8) is 0 Å². The molecule has 1 heterocycles. The Morgan fingerprint density at radius 1 is 1.33 bits per heavy atom. The van der Waals surface area contributed by atoms with Crippen LogP contribution in [0, 0.1) is 5.92 Å². The summed E-state index contributed by atoms with van der Waals surface area (Å²) in [6, 6.07) is 0. The third-order valence-electron chi connectivity index (χ3n) is 3.51. The summed E-state index contributed by atoms with van der Waals surface area (Å²) in [7, 11) is 0. The van der Waals surface area contributed by atoms with Gasteiger partial charge in [-0.3, -0.25) is 9.59 Å². The van der Waals surface area contributed by atoms with Crippen LogP contribution in [0.2, 0.25) is 0 Å². The van der Waals surface area contributed by atoms with Gasteiger partial charge in [-0.15, -0.1) is 0 Å². The molecule has 0 aromatic carbocycles. The van der Waals surface area contributed by atoms with Crippen LogP contribution in [0.4, 0.5) is 0 Å². The van der Waals surface area contributed by atoms with Gasteiger partial charge >= 0.3 is 0 Å². The van der Waals surface area contributed by atoms with Crippen LogP contribution in [0.1, 0.15) is 40.0 Å². The fourth-order valence-electron chi connectivity index (χ4n) is 2.23. The van der Waals surface area contributed by atoms with Crippen molar-refractivity contribution in [3.8, 4) is 0 Å². The van der Waals surface area contributed by atoms with Crippen LogP contribution in [0.25, 0.3) is 0 Å². The highest BCUT2D eigenvalue weighted by Gasteiger charge is 2.29. The minimum Gasteiger partial charge on any atom is -0.396 e. The Morgan fingerprint density at radius 3 is 2.33 bits per heavy atom. The second-order valence-electron chi connectivity index (χ2n) is 5.63. The molecule has 1 fully saturated rings. The zero-order chi connectivity index (χ0) is 13.8. The van der Waals surface area contributed by atoms with Gasteiger partial charge in [0.05, 0.1) is 0 Å². The fraction of sp³-hybridized carbons (Fsp3) is 0.846. The summed E-state index contributed by atoms with van der Waals surface area (Å²) in [5.41, 5.74) is -0.371. The minimum absolute atomic E-state index is 0.0152. The molecule has 2 N–H and O–H groups in total. The molecule has 0 radical (unpaired) electrons. The minimum atomic E-state index is -0.371. The zero-order valence-corrected chi connectivity index (χ0v) is 11.5. The molecule has 0 aliphatic carbocycles. The van der Waals surface area contributed by atoms with Crippen LogP contribution in [-0.4, -0.2) is 47.1 Å². The molecule has 18 heavy (non-hydrogen) atoms. The zero-order valence-electron chi connectivity index (χ0n) is 11.5. The van der Waals surface area contributed by atoms with E-state index >= 15 is 0 Å². The topological polar surface area (TPSA) is 69.6 Å². The smallest absolute Gasteiger partial charge is 0.223 e. The van der Waals surface area contributed by atoms with E-state index in [1.807, 2.05) is 13.8 Å². The van der Waals surface area contributed by atoms with E-state index in [1.54, 1.807) is 11.8 Å². The maximum Gasteiger partial charge on any atom is 0.223 e. The van der Waals surface area contributed by atoms with Crippen molar-refractivity contribution in [2.75, 3.05) is 19.7 Å². The summed E-state index contributed by atoms with van der Waals surface area (Å²) < 4.78 is 0. The van der Waals surface area contributed by atoms with E-state index in [2.05, 4.69) is 5.32 Å². The largest absolute Gasteiger partial charge is 0.396 e. The molecular formula is C13H24N2O3. The number of carbonyl (C=O) groups excluding carboxylic acids is 2. The van der Waals surface area contributed by atoms with Gasteiger partial charge in [0.1, 0.15) is 0 Å². The second kappa shape index (κ2) is 6.18. The lowest BCUT2D eigenvalue weighted by atomic mass is 9.93. The number of hydrogen-bond acceptors (Lipinski definition) is 3. The summed E-state index contributed by atoms with van der Waals surface area (Å²) in [6.07, 6.45) is 1.99. The summed E-state index contributed by atoms with van der Waals surface area (Å²) in [5.74, 6) is 0.102. The number of amides is 2. The van der Waals surface area contributed by atoms with Crippen molar-refractivity contribution < 1.29 is 14.7 Å². The number of rotatable bonds is 4. The average Bonchev–Trinajstić information content (AvgIpc) is 2.28. The molecule has 0 unspecified atom stereocenters. The standard InChI is InChI=1S/C13H24N2O3/c1-10(17)15-7-4-11(5-8-15)12(18)14-13(2,3)6-9-16/h11,16H,4-9H2,1-3H3,(H,14,18). The molecule has 0 spiro atoms. The maximum absolute atomic E-state index is 12.1. The first-order chi connectivity index (χ1) is 8.35. The average molecular weight is 256 g/mol. The Kier molecular flexibility index (Phi) is 5.14. The van der Waals surface area contributed by atoms with Crippen molar-refractivity contribution in [2.24, 2.45) is 5.92 Å². The molecule has 104 valence electrons. The van der Waals surface area contributed by atoms with E-state index in [1.165, 1.54) is 0 Å². The molecule has 0 aromatic heterocycles. The molecule has 1 saturated heterocycles. The number of hydrogen-bond donors (Lipinski definition) is 2. The summed E-state index contributed by atoms with van der Waals surface area (Å²) in [4.78, 5) is 25.0. The highest BCUT2D eigenvalue weighted by molar-refractivity contribution is 5.80. The third-order valence-corrected chi connectivity index (χ3v) is 3.51. The lowest BCUT2D eigenvalue weighted by Gasteiger charge is -2.33. The van der Waals surface area contributed by atoms with Gasteiger partial charge in [0.2, 0.25) is 11.8 Å². The first-order valence-corrected chi connectivity index (χ1v) is 6.54. The number of nitrogens with one attached hydrogen (secondary N) is 1. The normalized spacial score (nSPS) is 17.7. The van der Waals surface area contributed by atoms with Gasteiger partial charge in [0.15, 0.2) is 0 Å². The number of carbonyl (C=O) groups is 2. The van der Waals surface area contributed by atoms with Gasteiger partial charge in [-0.1, -0.05) is 0 Å². The molecule has 1 rings (SSSR count). The Labute approximate surface area is 109 Å². The Balaban J connectivity index is 2.43. The highest BCUT2D eigenvalue weighted by Crippen LogP contribution is 2.19. The quantitative estimate of drug-likeness (QED) is 0.770. The molecule has 2 amide bonds. The van der Waals surface area contributed by atoms with Crippen molar-refractivity contribution in [1.29, 1.82) is 0 Å². The molecule has 1 aliphatic heterocycles.